The summed E-state index contributed by atoms with van der Waals surface area (Å²) in [5, 5.41) is 14.6. The van der Waals surface area contributed by atoms with Gasteiger partial charge in [-0.25, -0.2) is 0 Å². The second kappa shape index (κ2) is 8.54. The molecule has 3 N–H and O–H groups in total. The minimum atomic E-state index is -4.48. The highest BCUT2D eigenvalue weighted by molar-refractivity contribution is 6.39. The van der Waals surface area contributed by atoms with Crippen molar-refractivity contribution in [1.82, 2.24) is 5.32 Å². The van der Waals surface area contributed by atoms with E-state index in [1.807, 2.05) is 0 Å². The van der Waals surface area contributed by atoms with Crippen LogP contribution in [0.15, 0.2) is 48.5 Å². The average Bonchev–Trinajstić information content (AvgIpc) is 2.65. The molecule has 0 aromatic heterocycles. The predicted molar refractivity (Wildman–Crippen MR) is 91.0 cm³/mol. The Morgan fingerprint density at radius 3 is 2.30 bits per heavy atom. The number of rotatable bonds is 5. The van der Waals surface area contributed by atoms with Crippen molar-refractivity contribution in [3.63, 3.8) is 0 Å². The Labute approximate surface area is 153 Å². The van der Waals surface area contributed by atoms with Crippen LogP contribution in [0.4, 0.5) is 18.9 Å². The Hall–Kier alpha value is -3.07. The monoisotopic (exact) mass is 382 g/mol. The normalized spacial score (nSPS) is 12.2. The van der Waals surface area contributed by atoms with Crippen molar-refractivity contribution in [2.24, 2.45) is 0 Å². The van der Waals surface area contributed by atoms with E-state index in [4.69, 9.17) is 4.74 Å². The third kappa shape index (κ3) is 5.45. The molecule has 6 nitrogen and oxygen atoms in total. The molecular formula is C18H17F3N2O4. The number of aliphatic hydroxyl groups excluding tert-OH is 1. The molecule has 1 unspecified atom stereocenters. The van der Waals surface area contributed by atoms with Gasteiger partial charge in [-0.1, -0.05) is 24.3 Å². The zero-order valence-corrected chi connectivity index (χ0v) is 14.2. The van der Waals surface area contributed by atoms with Crippen molar-refractivity contribution in [2.45, 2.75) is 12.3 Å². The van der Waals surface area contributed by atoms with Crippen LogP contribution in [0.2, 0.25) is 0 Å². The molecule has 0 spiro atoms. The minimum Gasteiger partial charge on any atom is -0.495 e. The van der Waals surface area contributed by atoms with Gasteiger partial charge in [0.1, 0.15) is 5.75 Å². The summed E-state index contributed by atoms with van der Waals surface area (Å²) in [7, 11) is 1.41. The van der Waals surface area contributed by atoms with Gasteiger partial charge in [-0.3, -0.25) is 9.59 Å². The molecule has 2 aromatic rings. The van der Waals surface area contributed by atoms with Crippen LogP contribution in [0.5, 0.6) is 5.75 Å². The van der Waals surface area contributed by atoms with E-state index in [-0.39, 0.29) is 12.1 Å². The van der Waals surface area contributed by atoms with Gasteiger partial charge in [0.05, 0.1) is 24.5 Å². The van der Waals surface area contributed by atoms with Crippen LogP contribution < -0.4 is 15.4 Å². The summed E-state index contributed by atoms with van der Waals surface area (Å²) in [5.74, 6) is -1.62. The number of anilines is 1. The third-order valence-electron chi connectivity index (χ3n) is 3.64. The molecule has 0 saturated carbocycles. The zero-order chi connectivity index (χ0) is 20.0. The number of carbonyl (C=O) groups is 2. The maximum Gasteiger partial charge on any atom is 0.416 e. The van der Waals surface area contributed by atoms with E-state index in [2.05, 4.69) is 10.6 Å². The number of benzene rings is 2. The molecule has 1 atom stereocenters. The third-order valence-corrected chi connectivity index (χ3v) is 3.64. The standard InChI is InChI=1S/C18H17F3N2O4/c1-27-15-5-3-2-4-13(15)23-17(26)16(25)22-10-14(24)11-6-8-12(9-7-11)18(19,20)21/h2-9,14,24H,10H2,1H3,(H,22,25)(H,23,26). The highest BCUT2D eigenvalue weighted by atomic mass is 19.4. The molecular weight excluding hydrogens is 365 g/mol. The lowest BCUT2D eigenvalue weighted by atomic mass is 10.1. The summed E-state index contributed by atoms with van der Waals surface area (Å²) in [6.07, 6.45) is -5.75. The second-order valence-electron chi connectivity index (χ2n) is 5.50. The number of methoxy groups -OCH3 is 1. The van der Waals surface area contributed by atoms with Gasteiger partial charge in [0.15, 0.2) is 0 Å². The van der Waals surface area contributed by atoms with Crippen LogP contribution in [-0.4, -0.2) is 30.6 Å². The summed E-state index contributed by atoms with van der Waals surface area (Å²) in [4.78, 5) is 23.7. The number of alkyl halides is 3. The number of nitrogens with one attached hydrogen (secondary N) is 2. The maximum atomic E-state index is 12.5. The van der Waals surface area contributed by atoms with Crippen molar-refractivity contribution in [3.05, 3.63) is 59.7 Å². The first kappa shape index (κ1) is 20.2. The second-order valence-corrected chi connectivity index (χ2v) is 5.50. The van der Waals surface area contributed by atoms with Crippen molar-refractivity contribution in [1.29, 1.82) is 0 Å². The zero-order valence-electron chi connectivity index (χ0n) is 14.2. The van der Waals surface area contributed by atoms with Gasteiger partial charge < -0.3 is 20.5 Å². The van der Waals surface area contributed by atoms with Crippen LogP contribution in [0.25, 0.3) is 0 Å². The summed E-state index contributed by atoms with van der Waals surface area (Å²) in [6, 6.07) is 10.3. The minimum absolute atomic E-state index is 0.174. The first-order valence-corrected chi connectivity index (χ1v) is 7.79. The van der Waals surface area contributed by atoms with Gasteiger partial charge in [0, 0.05) is 6.54 Å². The van der Waals surface area contributed by atoms with Gasteiger partial charge >= 0.3 is 18.0 Å². The number of amides is 2. The summed E-state index contributed by atoms with van der Waals surface area (Å²) in [5.41, 5.74) is -0.379. The van der Waals surface area contributed by atoms with Crippen molar-refractivity contribution >= 4 is 17.5 Å². The van der Waals surface area contributed by atoms with E-state index >= 15 is 0 Å². The number of carbonyl (C=O) groups excluding carboxylic acids is 2. The van der Waals surface area contributed by atoms with Crippen molar-refractivity contribution < 1.29 is 32.6 Å². The van der Waals surface area contributed by atoms with Crippen LogP contribution in [-0.2, 0) is 15.8 Å². The van der Waals surface area contributed by atoms with E-state index < -0.39 is 29.7 Å². The van der Waals surface area contributed by atoms with Crippen molar-refractivity contribution in [3.8, 4) is 5.75 Å². The molecule has 2 rings (SSSR count). The topological polar surface area (TPSA) is 87.7 Å². The predicted octanol–water partition coefficient (Wildman–Crippen LogP) is 2.50. The number of para-hydroxylation sites is 2. The molecule has 0 saturated heterocycles. The molecule has 2 amide bonds. The highest BCUT2D eigenvalue weighted by Gasteiger charge is 2.30. The number of aliphatic hydroxyl groups is 1. The van der Waals surface area contributed by atoms with E-state index in [0.29, 0.717) is 11.4 Å². The molecule has 0 aliphatic carbocycles. The number of hydrogen-bond acceptors (Lipinski definition) is 4. The molecule has 0 bridgehead atoms. The van der Waals surface area contributed by atoms with Crippen LogP contribution in [0.3, 0.4) is 0 Å². The fourth-order valence-corrected chi connectivity index (χ4v) is 2.21. The maximum absolute atomic E-state index is 12.5. The lowest BCUT2D eigenvalue weighted by molar-refractivity contribution is -0.137. The Bertz CT molecular complexity index is 807. The first-order valence-electron chi connectivity index (χ1n) is 7.79. The van der Waals surface area contributed by atoms with Gasteiger partial charge in [0.2, 0.25) is 0 Å². The Morgan fingerprint density at radius 1 is 1.07 bits per heavy atom. The molecule has 27 heavy (non-hydrogen) atoms. The number of ether oxygens (including phenoxy) is 1. The van der Waals surface area contributed by atoms with E-state index in [0.717, 1.165) is 24.3 Å². The van der Waals surface area contributed by atoms with Crippen LogP contribution >= 0.6 is 0 Å². The van der Waals surface area contributed by atoms with Crippen LogP contribution in [0.1, 0.15) is 17.2 Å². The molecule has 2 aromatic carbocycles. The Morgan fingerprint density at radius 2 is 1.70 bits per heavy atom. The van der Waals surface area contributed by atoms with Gasteiger partial charge in [-0.15, -0.1) is 0 Å². The largest absolute Gasteiger partial charge is 0.495 e. The number of hydrogen-bond donors (Lipinski definition) is 3. The Balaban J connectivity index is 1.91. The molecule has 0 aliphatic rings. The van der Waals surface area contributed by atoms with Crippen molar-refractivity contribution in [2.75, 3.05) is 19.0 Å². The molecule has 144 valence electrons. The Kier molecular flexibility index (Phi) is 6.40. The van der Waals surface area contributed by atoms with Gasteiger partial charge in [-0.05, 0) is 29.8 Å². The summed E-state index contributed by atoms with van der Waals surface area (Å²) < 4.78 is 42.6. The average molecular weight is 382 g/mol. The molecule has 0 heterocycles. The summed E-state index contributed by atoms with van der Waals surface area (Å²) >= 11 is 0. The molecule has 0 fully saturated rings. The van der Waals surface area contributed by atoms with Gasteiger partial charge in [-0.2, -0.15) is 13.2 Å². The van der Waals surface area contributed by atoms with Crippen LogP contribution in [0, 0.1) is 0 Å². The van der Waals surface area contributed by atoms with E-state index in [1.54, 1.807) is 24.3 Å². The molecule has 0 radical (unpaired) electrons. The molecule has 0 aliphatic heterocycles. The van der Waals surface area contributed by atoms with E-state index in [1.165, 1.54) is 7.11 Å². The smallest absolute Gasteiger partial charge is 0.416 e. The fraction of sp³-hybridized carbons (Fsp3) is 0.222. The lowest BCUT2D eigenvalue weighted by Crippen LogP contribution is -2.37. The quantitative estimate of drug-likeness (QED) is 0.694. The van der Waals surface area contributed by atoms with Gasteiger partial charge in [0.25, 0.3) is 0 Å². The SMILES string of the molecule is COc1ccccc1NC(=O)C(=O)NCC(O)c1ccc(C(F)(F)F)cc1. The molecule has 9 heteroatoms. The first-order chi connectivity index (χ1) is 12.7. The van der Waals surface area contributed by atoms with E-state index in [9.17, 15) is 27.9 Å². The number of halogens is 3. The lowest BCUT2D eigenvalue weighted by Gasteiger charge is -2.14. The highest BCUT2D eigenvalue weighted by Crippen LogP contribution is 2.29. The fourth-order valence-electron chi connectivity index (χ4n) is 2.21. The summed E-state index contributed by atoms with van der Waals surface area (Å²) in [6.45, 7) is -0.344.